The molecule has 3 aromatic heterocycles. The molecule has 3 rings (SSSR count). The van der Waals surface area contributed by atoms with Crippen molar-refractivity contribution in [3.63, 3.8) is 0 Å². The highest BCUT2D eigenvalue weighted by Gasteiger charge is 2.21. The summed E-state index contributed by atoms with van der Waals surface area (Å²) in [4.78, 5) is 15.9. The van der Waals surface area contributed by atoms with E-state index in [0.29, 0.717) is 37.9 Å². The molecule has 30 heavy (non-hydrogen) atoms. The van der Waals surface area contributed by atoms with Gasteiger partial charge in [0.25, 0.3) is 0 Å². The zero-order valence-electron chi connectivity index (χ0n) is 18.3. The molecule has 0 aromatic carbocycles. The minimum Gasteiger partial charge on any atom is -0.380 e. The Morgan fingerprint density at radius 3 is 2.73 bits per heavy atom. The summed E-state index contributed by atoms with van der Waals surface area (Å²) in [6.07, 6.45) is 3.28. The number of aryl methyl sites for hydroxylation is 1. The van der Waals surface area contributed by atoms with Crippen LogP contribution in [-0.2, 0) is 17.7 Å². The Kier molecular flexibility index (Phi) is 7.44. The van der Waals surface area contributed by atoms with Gasteiger partial charge in [-0.25, -0.2) is 9.97 Å². The number of aromatic nitrogens is 5. The highest BCUT2D eigenvalue weighted by Crippen LogP contribution is 2.29. The van der Waals surface area contributed by atoms with E-state index in [4.69, 9.17) is 31.4 Å². The Bertz CT molecular complexity index is 989. The Labute approximate surface area is 182 Å². The van der Waals surface area contributed by atoms with E-state index in [1.54, 1.807) is 6.20 Å². The first-order chi connectivity index (χ1) is 14.4. The molecule has 0 fully saturated rings. The lowest BCUT2D eigenvalue weighted by atomic mass is 10.2. The van der Waals surface area contributed by atoms with Crippen LogP contribution in [0.4, 0.5) is 17.6 Å². The average Bonchev–Trinajstić information content (AvgIpc) is 3.05. The molecule has 1 atom stereocenters. The van der Waals surface area contributed by atoms with Gasteiger partial charge in [-0.05, 0) is 38.0 Å². The number of nitrogens with zero attached hydrogens (tertiary/aromatic N) is 6. The van der Waals surface area contributed by atoms with Crippen LogP contribution in [0.5, 0.6) is 0 Å². The van der Waals surface area contributed by atoms with Crippen molar-refractivity contribution in [3.05, 3.63) is 29.6 Å². The fraction of sp³-hybridized carbons (Fsp3) is 0.524. The SMILES string of the molecule is CCOCCn1nc(CC(Cl)CC)c2nc(N(C)C)nc(Nc3cc(C)ccn3)c21. The van der Waals surface area contributed by atoms with E-state index in [1.807, 2.05) is 49.7 Å². The van der Waals surface area contributed by atoms with Crippen molar-refractivity contribution in [1.29, 1.82) is 0 Å². The molecule has 0 saturated heterocycles. The average molecular weight is 432 g/mol. The summed E-state index contributed by atoms with van der Waals surface area (Å²) in [6.45, 7) is 7.90. The van der Waals surface area contributed by atoms with E-state index in [0.717, 1.165) is 34.5 Å². The van der Waals surface area contributed by atoms with Crippen LogP contribution in [0.3, 0.4) is 0 Å². The van der Waals surface area contributed by atoms with Crippen molar-refractivity contribution in [1.82, 2.24) is 24.7 Å². The zero-order valence-corrected chi connectivity index (χ0v) is 19.1. The molecule has 0 amide bonds. The zero-order chi connectivity index (χ0) is 21.7. The molecular weight excluding hydrogens is 402 g/mol. The molecule has 0 spiro atoms. The van der Waals surface area contributed by atoms with Gasteiger partial charge in [0, 0.05) is 38.7 Å². The number of halogens is 1. The molecule has 1 N–H and O–H groups in total. The Morgan fingerprint density at radius 1 is 1.27 bits per heavy atom. The van der Waals surface area contributed by atoms with E-state index < -0.39 is 0 Å². The molecule has 0 radical (unpaired) electrons. The predicted molar refractivity (Wildman–Crippen MR) is 122 cm³/mol. The van der Waals surface area contributed by atoms with Gasteiger partial charge in [-0.15, -0.1) is 11.6 Å². The summed E-state index contributed by atoms with van der Waals surface area (Å²) >= 11 is 6.47. The number of hydrogen-bond acceptors (Lipinski definition) is 7. The monoisotopic (exact) mass is 431 g/mol. The number of anilines is 3. The van der Waals surface area contributed by atoms with Gasteiger partial charge >= 0.3 is 0 Å². The maximum atomic E-state index is 6.47. The Hall–Kier alpha value is -2.45. The summed E-state index contributed by atoms with van der Waals surface area (Å²) in [5.74, 6) is 1.99. The summed E-state index contributed by atoms with van der Waals surface area (Å²) < 4.78 is 7.48. The van der Waals surface area contributed by atoms with Crippen LogP contribution in [0.15, 0.2) is 18.3 Å². The number of fused-ring (bicyclic) bond motifs is 1. The van der Waals surface area contributed by atoms with Crippen LogP contribution in [0.2, 0.25) is 0 Å². The lowest BCUT2D eigenvalue weighted by Crippen LogP contribution is -2.15. The second-order valence-corrected chi connectivity index (χ2v) is 8.00. The lowest BCUT2D eigenvalue weighted by molar-refractivity contribution is 0.137. The van der Waals surface area contributed by atoms with Gasteiger partial charge in [-0.2, -0.15) is 10.1 Å². The third-order valence-electron chi connectivity index (χ3n) is 4.72. The summed E-state index contributed by atoms with van der Waals surface area (Å²) in [5, 5.41) is 8.21. The molecule has 8 nitrogen and oxygen atoms in total. The third kappa shape index (κ3) is 5.17. The molecule has 0 aliphatic carbocycles. The first kappa shape index (κ1) is 22.2. The quantitative estimate of drug-likeness (QED) is 0.384. The van der Waals surface area contributed by atoms with Gasteiger partial charge in [0.15, 0.2) is 5.82 Å². The standard InChI is InChI=1S/C21H30ClN7O/c1-6-15(22)13-16-18-19(29(27-16)10-11-30-7-2)20(26-21(25-18)28(4)5)24-17-12-14(3)8-9-23-17/h8-9,12,15H,6-7,10-11,13H2,1-5H3,(H,23,24,25,26). The second-order valence-electron chi connectivity index (χ2n) is 7.38. The number of pyridine rings is 1. The predicted octanol–water partition coefficient (Wildman–Crippen LogP) is 3.94. The number of nitrogens with one attached hydrogen (secondary N) is 1. The van der Waals surface area contributed by atoms with Gasteiger partial charge in [0.2, 0.25) is 5.95 Å². The van der Waals surface area contributed by atoms with Crippen LogP contribution in [-0.4, -0.2) is 57.4 Å². The molecule has 162 valence electrons. The highest BCUT2D eigenvalue weighted by atomic mass is 35.5. The Morgan fingerprint density at radius 2 is 2.07 bits per heavy atom. The maximum absolute atomic E-state index is 6.47. The Balaban J connectivity index is 2.15. The largest absolute Gasteiger partial charge is 0.380 e. The van der Waals surface area contributed by atoms with Gasteiger partial charge < -0.3 is 15.0 Å². The maximum Gasteiger partial charge on any atom is 0.227 e. The van der Waals surface area contributed by atoms with Gasteiger partial charge in [-0.1, -0.05) is 6.92 Å². The number of alkyl halides is 1. The van der Waals surface area contributed by atoms with Crippen LogP contribution in [0.25, 0.3) is 11.0 Å². The molecule has 0 aliphatic rings. The topological polar surface area (TPSA) is 81.0 Å². The smallest absolute Gasteiger partial charge is 0.227 e. The van der Waals surface area contributed by atoms with E-state index in [-0.39, 0.29) is 5.38 Å². The normalized spacial score (nSPS) is 12.3. The second kappa shape index (κ2) is 10.0. The molecule has 0 bridgehead atoms. The first-order valence-electron chi connectivity index (χ1n) is 10.3. The fourth-order valence-electron chi connectivity index (χ4n) is 3.09. The highest BCUT2D eigenvalue weighted by molar-refractivity contribution is 6.20. The van der Waals surface area contributed by atoms with Crippen LogP contribution in [0, 0.1) is 6.92 Å². The van der Waals surface area contributed by atoms with Crippen molar-refractivity contribution in [3.8, 4) is 0 Å². The van der Waals surface area contributed by atoms with E-state index in [9.17, 15) is 0 Å². The molecule has 3 heterocycles. The molecule has 1 unspecified atom stereocenters. The van der Waals surface area contributed by atoms with E-state index in [1.165, 1.54) is 0 Å². The van der Waals surface area contributed by atoms with Crippen molar-refractivity contribution < 1.29 is 4.74 Å². The summed E-state index contributed by atoms with van der Waals surface area (Å²) in [7, 11) is 3.84. The van der Waals surface area contributed by atoms with Gasteiger partial charge in [0.1, 0.15) is 16.9 Å². The van der Waals surface area contributed by atoms with E-state index >= 15 is 0 Å². The molecule has 9 heteroatoms. The van der Waals surface area contributed by atoms with Crippen molar-refractivity contribution >= 4 is 40.2 Å². The van der Waals surface area contributed by atoms with Crippen LogP contribution >= 0.6 is 11.6 Å². The van der Waals surface area contributed by atoms with Crippen molar-refractivity contribution in [2.24, 2.45) is 0 Å². The summed E-state index contributed by atoms with van der Waals surface area (Å²) in [5.41, 5.74) is 3.62. The molecule has 0 aliphatic heterocycles. The third-order valence-corrected chi connectivity index (χ3v) is 5.18. The fourth-order valence-corrected chi connectivity index (χ4v) is 3.24. The lowest BCUT2D eigenvalue weighted by Gasteiger charge is -2.14. The van der Waals surface area contributed by atoms with Crippen LogP contribution in [0.1, 0.15) is 31.5 Å². The number of rotatable bonds is 10. The van der Waals surface area contributed by atoms with Gasteiger partial charge in [-0.3, -0.25) is 4.68 Å². The van der Waals surface area contributed by atoms with Crippen molar-refractivity contribution in [2.75, 3.05) is 37.5 Å². The van der Waals surface area contributed by atoms with Crippen molar-refractivity contribution in [2.45, 2.75) is 45.5 Å². The van der Waals surface area contributed by atoms with E-state index in [2.05, 4.69) is 17.2 Å². The van der Waals surface area contributed by atoms with Crippen LogP contribution < -0.4 is 10.2 Å². The molecular formula is C21H30ClN7O. The minimum absolute atomic E-state index is 0.00365. The summed E-state index contributed by atoms with van der Waals surface area (Å²) in [6, 6.07) is 3.94. The number of ether oxygens (including phenoxy) is 1. The first-order valence-corrected chi connectivity index (χ1v) is 10.7. The number of hydrogen-bond donors (Lipinski definition) is 1. The van der Waals surface area contributed by atoms with Gasteiger partial charge in [0.05, 0.1) is 18.8 Å². The molecule has 0 saturated carbocycles. The molecule has 3 aromatic rings. The minimum atomic E-state index is -0.00365.